The highest BCUT2D eigenvalue weighted by Gasteiger charge is 2.17. The van der Waals surface area contributed by atoms with Crippen LogP contribution in [0.1, 0.15) is 10.4 Å². The van der Waals surface area contributed by atoms with Gasteiger partial charge < -0.3 is 11.1 Å². The largest absolute Gasteiger partial charge is 0.396 e. The average Bonchev–Trinajstić information content (AvgIpc) is 2.43. The number of carbonyl (C=O) groups is 1. The Balaban J connectivity index is 2.29. The van der Waals surface area contributed by atoms with Crippen LogP contribution in [0.2, 0.25) is 0 Å². The van der Waals surface area contributed by atoms with E-state index in [0.717, 1.165) is 30.3 Å². The van der Waals surface area contributed by atoms with Crippen LogP contribution in [-0.4, -0.2) is 10.8 Å². The molecule has 0 saturated carbocycles. The Labute approximate surface area is 117 Å². The van der Waals surface area contributed by atoms with Crippen molar-refractivity contribution in [1.29, 1.82) is 0 Å². The normalized spacial score (nSPS) is 10.2. The number of nitrogens with zero attached hydrogens (tertiary/aromatic N) is 1. The van der Waals surface area contributed by atoms with E-state index in [1.165, 1.54) is 6.07 Å². The molecule has 6 nitrogen and oxygen atoms in total. The minimum Gasteiger partial charge on any atom is -0.396 e. The number of rotatable bonds is 3. The first-order valence-corrected chi connectivity index (χ1v) is 5.69. The summed E-state index contributed by atoms with van der Waals surface area (Å²) in [4.78, 5) is 21.8. The summed E-state index contributed by atoms with van der Waals surface area (Å²) < 4.78 is 26.6. The van der Waals surface area contributed by atoms with E-state index in [9.17, 15) is 23.7 Å². The second-order valence-corrected chi connectivity index (χ2v) is 4.11. The third kappa shape index (κ3) is 3.11. The number of hydrogen-bond donors (Lipinski definition) is 2. The predicted octanol–water partition coefficient (Wildman–Crippen LogP) is 2.71. The lowest BCUT2D eigenvalue weighted by atomic mass is 10.1. The molecule has 0 spiro atoms. The van der Waals surface area contributed by atoms with Gasteiger partial charge in [0.25, 0.3) is 11.6 Å². The molecule has 0 unspecified atom stereocenters. The van der Waals surface area contributed by atoms with Crippen LogP contribution >= 0.6 is 0 Å². The average molecular weight is 293 g/mol. The van der Waals surface area contributed by atoms with Crippen LogP contribution in [0.3, 0.4) is 0 Å². The van der Waals surface area contributed by atoms with Crippen molar-refractivity contribution in [3.63, 3.8) is 0 Å². The number of nitro benzene ring substituents is 1. The molecule has 0 aromatic heterocycles. The van der Waals surface area contributed by atoms with Crippen LogP contribution in [0.4, 0.5) is 25.8 Å². The molecule has 2 aromatic rings. The van der Waals surface area contributed by atoms with Crippen molar-refractivity contribution in [2.24, 2.45) is 0 Å². The number of nitrogens with two attached hydrogens (primary N) is 1. The van der Waals surface area contributed by atoms with E-state index in [0.29, 0.717) is 0 Å². The van der Waals surface area contributed by atoms with Gasteiger partial charge >= 0.3 is 0 Å². The van der Waals surface area contributed by atoms with Gasteiger partial charge in [-0.2, -0.15) is 0 Å². The Morgan fingerprint density at radius 2 is 1.81 bits per heavy atom. The van der Waals surface area contributed by atoms with Gasteiger partial charge in [-0.25, -0.2) is 8.78 Å². The number of non-ortho nitro benzene ring substituents is 1. The van der Waals surface area contributed by atoms with E-state index in [1.807, 2.05) is 0 Å². The van der Waals surface area contributed by atoms with Gasteiger partial charge in [-0.15, -0.1) is 0 Å². The van der Waals surface area contributed by atoms with Gasteiger partial charge in [0.2, 0.25) is 0 Å². The molecule has 0 radical (unpaired) electrons. The molecular formula is C13H9F2N3O3. The van der Waals surface area contributed by atoms with Gasteiger partial charge in [0.15, 0.2) is 0 Å². The molecule has 0 saturated heterocycles. The minimum atomic E-state index is -0.909. The Kier molecular flexibility index (Phi) is 3.79. The molecule has 0 aliphatic rings. The zero-order valence-electron chi connectivity index (χ0n) is 10.5. The summed E-state index contributed by atoms with van der Waals surface area (Å²) in [7, 11) is 0. The van der Waals surface area contributed by atoms with Crippen molar-refractivity contribution in [2.75, 3.05) is 11.1 Å². The quantitative estimate of drug-likeness (QED) is 0.516. The molecule has 3 N–H and O–H groups in total. The SMILES string of the molecule is Nc1cc(NC(=O)c2cc([N+](=O)[O-])ccc2F)ccc1F. The maximum atomic E-state index is 13.6. The number of hydrogen-bond acceptors (Lipinski definition) is 4. The highest BCUT2D eigenvalue weighted by molar-refractivity contribution is 6.05. The first-order valence-electron chi connectivity index (χ1n) is 5.69. The number of carbonyl (C=O) groups excluding carboxylic acids is 1. The highest BCUT2D eigenvalue weighted by atomic mass is 19.1. The maximum Gasteiger partial charge on any atom is 0.270 e. The number of amides is 1. The van der Waals surface area contributed by atoms with Crippen molar-refractivity contribution in [2.45, 2.75) is 0 Å². The molecule has 0 fully saturated rings. The van der Waals surface area contributed by atoms with Crippen LogP contribution in [-0.2, 0) is 0 Å². The summed E-state index contributed by atoms with van der Waals surface area (Å²) in [5, 5.41) is 12.9. The lowest BCUT2D eigenvalue weighted by Crippen LogP contribution is -2.14. The molecule has 8 heteroatoms. The highest BCUT2D eigenvalue weighted by Crippen LogP contribution is 2.20. The summed E-state index contributed by atoms with van der Waals surface area (Å²) in [6.07, 6.45) is 0. The summed E-state index contributed by atoms with van der Waals surface area (Å²) in [5.41, 5.74) is 4.38. The molecule has 1 amide bonds. The topological polar surface area (TPSA) is 98.3 Å². The summed E-state index contributed by atoms with van der Waals surface area (Å²) >= 11 is 0. The number of nitrogens with one attached hydrogen (secondary N) is 1. The van der Waals surface area contributed by atoms with Gasteiger partial charge in [0.1, 0.15) is 11.6 Å². The van der Waals surface area contributed by atoms with Crippen LogP contribution in [0, 0.1) is 21.7 Å². The first-order chi connectivity index (χ1) is 9.88. The molecule has 2 rings (SSSR count). The zero-order chi connectivity index (χ0) is 15.6. The van der Waals surface area contributed by atoms with Gasteiger partial charge in [-0.1, -0.05) is 0 Å². The molecule has 0 heterocycles. The van der Waals surface area contributed by atoms with Crippen LogP contribution in [0.5, 0.6) is 0 Å². The number of halogens is 2. The number of anilines is 2. The Bertz CT molecular complexity index is 735. The first kappa shape index (κ1) is 14.4. The molecular weight excluding hydrogens is 284 g/mol. The van der Waals surface area contributed by atoms with Crippen LogP contribution in [0.15, 0.2) is 36.4 Å². The van der Waals surface area contributed by atoms with E-state index >= 15 is 0 Å². The summed E-state index contributed by atoms with van der Waals surface area (Å²) in [6.45, 7) is 0. The molecule has 108 valence electrons. The summed E-state index contributed by atoms with van der Waals surface area (Å²) in [5.74, 6) is -2.47. The molecule has 2 aromatic carbocycles. The second-order valence-electron chi connectivity index (χ2n) is 4.11. The third-order valence-electron chi connectivity index (χ3n) is 2.66. The fourth-order valence-corrected chi connectivity index (χ4v) is 1.62. The van der Waals surface area contributed by atoms with E-state index in [-0.39, 0.29) is 11.4 Å². The van der Waals surface area contributed by atoms with E-state index in [1.54, 1.807) is 0 Å². The predicted molar refractivity (Wildman–Crippen MR) is 71.8 cm³/mol. The van der Waals surface area contributed by atoms with Gasteiger partial charge in [0.05, 0.1) is 16.2 Å². The smallest absolute Gasteiger partial charge is 0.270 e. The second kappa shape index (κ2) is 5.53. The molecule has 0 atom stereocenters. The fraction of sp³-hybridized carbons (Fsp3) is 0. The van der Waals surface area contributed by atoms with Crippen molar-refractivity contribution in [3.05, 3.63) is 63.7 Å². The molecule has 21 heavy (non-hydrogen) atoms. The Morgan fingerprint density at radius 3 is 2.43 bits per heavy atom. The lowest BCUT2D eigenvalue weighted by molar-refractivity contribution is -0.384. The van der Waals surface area contributed by atoms with E-state index in [4.69, 9.17) is 5.73 Å². The minimum absolute atomic E-state index is 0.143. The van der Waals surface area contributed by atoms with Crippen LogP contribution < -0.4 is 11.1 Å². The maximum absolute atomic E-state index is 13.6. The lowest BCUT2D eigenvalue weighted by Gasteiger charge is -2.07. The zero-order valence-corrected chi connectivity index (χ0v) is 10.5. The Hall–Kier alpha value is -3.03. The number of benzene rings is 2. The third-order valence-corrected chi connectivity index (χ3v) is 2.66. The van der Waals surface area contributed by atoms with Crippen molar-refractivity contribution >= 4 is 23.0 Å². The monoisotopic (exact) mass is 293 g/mol. The van der Waals surface area contributed by atoms with E-state index < -0.39 is 33.7 Å². The van der Waals surface area contributed by atoms with Gasteiger partial charge in [-0.3, -0.25) is 14.9 Å². The molecule has 0 aliphatic heterocycles. The number of nitrogen functional groups attached to an aromatic ring is 1. The van der Waals surface area contributed by atoms with Gasteiger partial charge in [0, 0.05) is 17.8 Å². The standard InChI is InChI=1S/C13H9F2N3O3/c14-10-4-2-8(18(20)21)6-9(10)13(19)17-7-1-3-11(15)12(16)5-7/h1-6H,16H2,(H,17,19). The fourth-order valence-electron chi connectivity index (χ4n) is 1.62. The number of nitro groups is 1. The molecule has 0 bridgehead atoms. The van der Waals surface area contributed by atoms with Crippen molar-refractivity contribution < 1.29 is 18.5 Å². The van der Waals surface area contributed by atoms with Crippen molar-refractivity contribution in [3.8, 4) is 0 Å². The molecule has 0 aliphatic carbocycles. The summed E-state index contributed by atoms with van der Waals surface area (Å²) in [6, 6.07) is 6.02. The van der Waals surface area contributed by atoms with Crippen molar-refractivity contribution in [1.82, 2.24) is 0 Å². The van der Waals surface area contributed by atoms with Gasteiger partial charge in [-0.05, 0) is 24.3 Å². The Morgan fingerprint density at radius 1 is 1.14 bits per heavy atom. The van der Waals surface area contributed by atoms with Crippen LogP contribution in [0.25, 0.3) is 0 Å². The van der Waals surface area contributed by atoms with E-state index in [2.05, 4.69) is 5.32 Å².